The molecule has 5 nitrogen and oxygen atoms in total. The summed E-state index contributed by atoms with van der Waals surface area (Å²) in [6.07, 6.45) is 3.72. The number of rotatable bonds is 1. The molecular formula is C13H19N3O2. The maximum atomic E-state index is 12.2. The van der Waals surface area contributed by atoms with Crippen molar-refractivity contribution in [2.45, 2.75) is 32.8 Å². The summed E-state index contributed by atoms with van der Waals surface area (Å²) >= 11 is 0. The largest absolute Gasteiger partial charge is 0.390 e. The fourth-order valence-electron chi connectivity index (χ4n) is 2.10. The van der Waals surface area contributed by atoms with Crippen LogP contribution >= 0.6 is 0 Å². The highest BCUT2D eigenvalue weighted by Gasteiger charge is 2.36. The number of carbonyl (C=O) groups is 1. The molecule has 18 heavy (non-hydrogen) atoms. The van der Waals surface area contributed by atoms with Crippen molar-refractivity contribution in [3.05, 3.63) is 23.8 Å². The Morgan fingerprint density at radius 3 is 2.67 bits per heavy atom. The maximum Gasteiger partial charge on any atom is 0.257 e. The molecule has 0 saturated carbocycles. The van der Waals surface area contributed by atoms with E-state index in [4.69, 9.17) is 0 Å². The van der Waals surface area contributed by atoms with Crippen LogP contribution in [0.25, 0.3) is 0 Å². The van der Waals surface area contributed by atoms with Crippen LogP contribution in [0.3, 0.4) is 0 Å². The molecule has 1 aromatic heterocycles. The molecule has 0 unspecified atom stereocenters. The monoisotopic (exact) mass is 249 g/mol. The van der Waals surface area contributed by atoms with Crippen LogP contribution in [-0.4, -0.2) is 44.6 Å². The summed E-state index contributed by atoms with van der Waals surface area (Å²) < 4.78 is 0. The number of amides is 1. The molecule has 0 radical (unpaired) electrons. The van der Waals surface area contributed by atoms with Crippen LogP contribution < -0.4 is 0 Å². The minimum Gasteiger partial charge on any atom is -0.390 e. The molecular weight excluding hydrogens is 230 g/mol. The number of aromatic nitrogens is 2. The van der Waals surface area contributed by atoms with E-state index >= 15 is 0 Å². The van der Waals surface area contributed by atoms with Gasteiger partial charge in [-0.15, -0.1) is 0 Å². The van der Waals surface area contributed by atoms with Gasteiger partial charge in [0.15, 0.2) is 0 Å². The van der Waals surface area contributed by atoms with Crippen molar-refractivity contribution >= 4 is 5.91 Å². The van der Waals surface area contributed by atoms with E-state index in [9.17, 15) is 9.90 Å². The summed E-state index contributed by atoms with van der Waals surface area (Å²) in [5.74, 6) is 0.667. The Morgan fingerprint density at radius 2 is 2.11 bits per heavy atom. The van der Waals surface area contributed by atoms with Crippen molar-refractivity contribution in [3.63, 3.8) is 0 Å². The molecule has 1 aliphatic rings. The van der Waals surface area contributed by atoms with Gasteiger partial charge in [-0.05, 0) is 20.3 Å². The third-order valence-electron chi connectivity index (χ3n) is 3.76. The molecule has 1 fully saturated rings. The Kier molecular flexibility index (Phi) is 3.34. The number of hydrogen-bond donors (Lipinski definition) is 1. The molecule has 1 aliphatic heterocycles. The second-order valence-corrected chi connectivity index (χ2v) is 5.28. The first-order chi connectivity index (χ1) is 8.40. The quantitative estimate of drug-likeness (QED) is 0.807. The lowest BCUT2D eigenvalue weighted by Gasteiger charge is -2.41. The molecule has 0 aromatic carbocycles. The van der Waals surface area contributed by atoms with E-state index in [0.717, 1.165) is 0 Å². The molecule has 1 saturated heterocycles. The molecule has 0 spiro atoms. The molecule has 1 N–H and O–H groups in total. The summed E-state index contributed by atoms with van der Waals surface area (Å²) in [7, 11) is 0. The molecule has 1 amide bonds. The van der Waals surface area contributed by atoms with Gasteiger partial charge in [-0.1, -0.05) is 6.92 Å². The van der Waals surface area contributed by atoms with E-state index in [2.05, 4.69) is 9.97 Å². The summed E-state index contributed by atoms with van der Waals surface area (Å²) in [5, 5.41) is 10.1. The predicted octanol–water partition coefficient (Wildman–Crippen LogP) is 1.02. The van der Waals surface area contributed by atoms with E-state index < -0.39 is 5.60 Å². The number of likely N-dealkylation sites (tertiary alicyclic amines) is 1. The number of nitrogens with zero attached hydrogens (tertiary/aromatic N) is 3. The lowest BCUT2D eigenvalue weighted by Crippen LogP contribution is -2.50. The van der Waals surface area contributed by atoms with E-state index in [-0.39, 0.29) is 11.8 Å². The molecule has 2 atom stereocenters. The summed E-state index contributed by atoms with van der Waals surface area (Å²) in [5.41, 5.74) is -0.171. The summed E-state index contributed by atoms with van der Waals surface area (Å²) in [6, 6.07) is 0. The van der Waals surface area contributed by atoms with Crippen molar-refractivity contribution in [1.82, 2.24) is 14.9 Å². The number of aliphatic hydroxyl groups is 1. The van der Waals surface area contributed by atoms with E-state index in [1.54, 1.807) is 24.2 Å². The second-order valence-electron chi connectivity index (χ2n) is 5.28. The summed E-state index contributed by atoms with van der Waals surface area (Å²) in [6.45, 7) is 6.72. The topological polar surface area (TPSA) is 66.3 Å². The van der Waals surface area contributed by atoms with Crippen LogP contribution in [0.4, 0.5) is 0 Å². The van der Waals surface area contributed by atoms with Gasteiger partial charge in [-0.3, -0.25) is 4.79 Å². The zero-order valence-corrected chi connectivity index (χ0v) is 11.1. The molecule has 0 aliphatic carbocycles. The Hall–Kier alpha value is -1.49. The van der Waals surface area contributed by atoms with Crippen LogP contribution in [-0.2, 0) is 0 Å². The third kappa shape index (κ3) is 2.51. The average molecular weight is 249 g/mol. The predicted molar refractivity (Wildman–Crippen MR) is 67.1 cm³/mol. The van der Waals surface area contributed by atoms with Gasteiger partial charge < -0.3 is 10.0 Å². The van der Waals surface area contributed by atoms with Gasteiger partial charge in [0.05, 0.1) is 11.2 Å². The highest BCUT2D eigenvalue weighted by Crippen LogP contribution is 2.27. The SMILES string of the molecule is Cc1ncc(C(=O)N2CC[C@](C)(O)[C@H](C)C2)cn1. The van der Waals surface area contributed by atoms with Gasteiger partial charge in [0.1, 0.15) is 5.82 Å². The fraction of sp³-hybridized carbons (Fsp3) is 0.615. The Balaban J connectivity index is 2.09. The first-order valence-corrected chi connectivity index (χ1v) is 6.20. The van der Waals surface area contributed by atoms with Crippen LogP contribution in [0.5, 0.6) is 0 Å². The molecule has 2 rings (SSSR count). The highest BCUT2D eigenvalue weighted by molar-refractivity contribution is 5.93. The number of carbonyl (C=O) groups excluding carboxylic acids is 1. The van der Waals surface area contributed by atoms with Crippen LogP contribution in [0, 0.1) is 12.8 Å². The molecule has 5 heteroatoms. The molecule has 98 valence electrons. The lowest BCUT2D eigenvalue weighted by atomic mass is 9.84. The highest BCUT2D eigenvalue weighted by atomic mass is 16.3. The Bertz CT molecular complexity index is 442. The number of hydrogen-bond acceptors (Lipinski definition) is 4. The standard InChI is InChI=1S/C13H19N3O2/c1-9-8-16(5-4-13(9,3)18)12(17)11-6-14-10(2)15-7-11/h6-7,9,18H,4-5,8H2,1-3H3/t9-,13+/m1/s1. The zero-order chi connectivity index (χ0) is 13.3. The van der Waals surface area contributed by atoms with Crippen LogP contribution in [0.1, 0.15) is 36.5 Å². The average Bonchev–Trinajstić information content (AvgIpc) is 2.33. The van der Waals surface area contributed by atoms with Crippen molar-refractivity contribution in [3.8, 4) is 0 Å². The van der Waals surface area contributed by atoms with Crippen LogP contribution in [0.15, 0.2) is 12.4 Å². The smallest absolute Gasteiger partial charge is 0.257 e. The lowest BCUT2D eigenvalue weighted by molar-refractivity contribution is -0.0439. The van der Waals surface area contributed by atoms with Gasteiger partial charge in [-0.25, -0.2) is 9.97 Å². The van der Waals surface area contributed by atoms with Crippen molar-refractivity contribution in [1.29, 1.82) is 0 Å². The van der Waals surface area contributed by atoms with Crippen molar-refractivity contribution in [2.75, 3.05) is 13.1 Å². The van der Waals surface area contributed by atoms with Crippen molar-refractivity contribution in [2.24, 2.45) is 5.92 Å². The first-order valence-electron chi connectivity index (χ1n) is 6.20. The van der Waals surface area contributed by atoms with Gasteiger partial charge >= 0.3 is 0 Å². The van der Waals surface area contributed by atoms with E-state index in [1.807, 2.05) is 13.8 Å². The van der Waals surface area contributed by atoms with E-state index in [1.165, 1.54) is 0 Å². The summed E-state index contributed by atoms with van der Waals surface area (Å²) in [4.78, 5) is 22.1. The molecule has 2 heterocycles. The van der Waals surface area contributed by atoms with Crippen LogP contribution in [0.2, 0.25) is 0 Å². The molecule has 0 bridgehead atoms. The normalized spacial score (nSPS) is 28.2. The molecule has 1 aromatic rings. The van der Waals surface area contributed by atoms with Gasteiger partial charge in [0.25, 0.3) is 5.91 Å². The number of aryl methyl sites for hydroxylation is 1. The van der Waals surface area contributed by atoms with Gasteiger partial charge in [0, 0.05) is 31.4 Å². The Labute approximate surface area is 107 Å². The fourth-order valence-corrected chi connectivity index (χ4v) is 2.10. The maximum absolute atomic E-state index is 12.2. The third-order valence-corrected chi connectivity index (χ3v) is 3.76. The Morgan fingerprint density at radius 1 is 1.50 bits per heavy atom. The van der Waals surface area contributed by atoms with Crippen molar-refractivity contribution < 1.29 is 9.90 Å². The first kappa shape index (κ1) is 13.0. The van der Waals surface area contributed by atoms with E-state index in [0.29, 0.717) is 30.9 Å². The van der Waals surface area contributed by atoms with Gasteiger partial charge in [-0.2, -0.15) is 0 Å². The minimum atomic E-state index is -0.680. The second kappa shape index (κ2) is 4.65. The van der Waals surface area contributed by atoms with Gasteiger partial charge in [0.2, 0.25) is 0 Å². The number of piperidine rings is 1. The minimum absolute atomic E-state index is 0.0580. The zero-order valence-electron chi connectivity index (χ0n) is 11.1.